The molecule has 0 atom stereocenters. The van der Waals surface area contributed by atoms with Crippen molar-refractivity contribution in [2.45, 2.75) is 6.54 Å². The molecule has 3 N–H and O–H groups in total. The smallest absolute Gasteiger partial charge is 0.315 e. The quantitative estimate of drug-likeness (QED) is 0.694. The van der Waals surface area contributed by atoms with Crippen molar-refractivity contribution in [2.24, 2.45) is 0 Å². The van der Waals surface area contributed by atoms with Crippen molar-refractivity contribution in [1.29, 1.82) is 0 Å². The number of nitrogens with zero attached hydrogens (tertiary/aromatic N) is 2. The first kappa shape index (κ1) is 13.8. The Hall–Kier alpha value is -2.63. The number of carbonyl (C=O) groups is 1. The van der Waals surface area contributed by atoms with Crippen molar-refractivity contribution in [1.82, 2.24) is 20.6 Å². The number of carbonyl (C=O) groups excluding carboxylic acids is 1. The van der Waals surface area contributed by atoms with Gasteiger partial charge in [-0.25, -0.2) is 14.8 Å². The van der Waals surface area contributed by atoms with Gasteiger partial charge in [0.2, 0.25) is 5.95 Å². The lowest BCUT2D eigenvalue weighted by Gasteiger charge is -2.08. The van der Waals surface area contributed by atoms with E-state index in [-0.39, 0.29) is 6.03 Å². The number of benzene rings is 1. The molecule has 0 aliphatic heterocycles. The minimum Gasteiger partial charge on any atom is -0.352 e. The highest BCUT2D eigenvalue weighted by atomic mass is 16.2. The summed E-state index contributed by atoms with van der Waals surface area (Å²) in [5, 5.41) is 8.55. The van der Waals surface area contributed by atoms with Gasteiger partial charge in [-0.15, -0.1) is 0 Å². The summed E-state index contributed by atoms with van der Waals surface area (Å²) < 4.78 is 0. The zero-order valence-corrected chi connectivity index (χ0v) is 11.0. The predicted molar refractivity (Wildman–Crippen MR) is 77.2 cm³/mol. The summed E-state index contributed by atoms with van der Waals surface area (Å²) in [6.07, 6.45) is 3.32. The number of anilines is 1. The van der Waals surface area contributed by atoms with Crippen LogP contribution in [0.2, 0.25) is 0 Å². The molecule has 0 radical (unpaired) electrons. The maximum atomic E-state index is 11.5. The molecule has 20 heavy (non-hydrogen) atoms. The molecule has 0 aliphatic rings. The molecule has 0 fully saturated rings. The molecule has 2 aromatic rings. The van der Waals surface area contributed by atoms with E-state index >= 15 is 0 Å². The number of amides is 2. The van der Waals surface area contributed by atoms with Crippen molar-refractivity contribution in [3.05, 3.63) is 54.4 Å². The Balaban J connectivity index is 1.59. The number of rotatable bonds is 6. The van der Waals surface area contributed by atoms with Gasteiger partial charge in [-0.05, 0) is 11.6 Å². The molecule has 104 valence electrons. The van der Waals surface area contributed by atoms with Crippen LogP contribution in [0.15, 0.2) is 48.8 Å². The monoisotopic (exact) mass is 271 g/mol. The predicted octanol–water partition coefficient (Wildman–Crippen LogP) is 1.39. The van der Waals surface area contributed by atoms with Gasteiger partial charge in [0.05, 0.1) is 0 Å². The normalized spacial score (nSPS) is 9.80. The molecule has 6 nitrogen and oxygen atoms in total. The zero-order chi connectivity index (χ0) is 14.0. The summed E-state index contributed by atoms with van der Waals surface area (Å²) in [4.78, 5) is 19.6. The van der Waals surface area contributed by atoms with Crippen molar-refractivity contribution in [3.63, 3.8) is 0 Å². The average Bonchev–Trinajstić information content (AvgIpc) is 2.52. The summed E-state index contributed by atoms with van der Waals surface area (Å²) in [5.74, 6) is 0.555. The third-order valence-electron chi connectivity index (χ3n) is 2.56. The number of aromatic nitrogens is 2. The molecule has 0 spiro atoms. The Morgan fingerprint density at radius 2 is 1.70 bits per heavy atom. The molecule has 2 amide bonds. The third kappa shape index (κ3) is 4.93. The van der Waals surface area contributed by atoms with E-state index < -0.39 is 0 Å². The summed E-state index contributed by atoms with van der Waals surface area (Å²) in [5.41, 5.74) is 1.07. The van der Waals surface area contributed by atoms with Gasteiger partial charge in [-0.1, -0.05) is 30.3 Å². The Morgan fingerprint density at radius 3 is 2.45 bits per heavy atom. The highest BCUT2D eigenvalue weighted by molar-refractivity contribution is 5.73. The van der Waals surface area contributed by atoms with E-state index in [1.165, 1.54) is 0 Å². The molecular formula is C14H17N5O. The fourth-order valence-corrected chi connectivity index (χ4v) is 1.58. The summed E-state index contributed by atoms with van der Waals surface area (Å²) in [7, 11) is 0. The maximum absolute atomic E-state index is 11.5. The van der Waals surface area contributed by atoms with Gasteiger partial charge in [-0.2, -0.15) is 0 Å². The minimum absolute atomic E-state index is 0.190. The highest BCUT2D eigenvalue weighted by Gasteiger charge is 1.99. The standard InChI is InChI=1S/C14H17N5O/c20-14(19-11-12-5-2-1-3-6-12)18-10-9-17-13-15-7-4-8-16-13/h1-8H,9-11H2,(H,15,16,17)(H2,18,19,20). The van der Waals surface area contributed by atoms with E-state index in [1.807, 2.05) is 30.3 Å². The Labute approximate surface area is 117 Å². The molecule has 1 aromatic carbocycles. The fraction of sp³-hybridized carbons (Fsp3) is 0.214. The van der Waals surface area contributed by atoms with E-state index in [9.17, 15) is 4.79 Å². The Bertz CT molecular complexity index is 518. The van der Waals surface area contributed by atoms with Crippen molar-refractivity contribution in [3.8, 4) is 0 Å². The van der Waals surface area contributed by atoms with Crippen molar-refractivity contribution >= 4 is 12.0 Å². The number of hydrogen-bond donors (Lipinski definition) is 3. The van der Waals surface area contributed by atoms with Crippen LogP contribution in [-0.4, -0.2) is 29.1 Å². The number of urea groups is 1. The number of nitrogens with one attached hydrogen (secondary N) is 3. The van der Waals surface area contributed by atoms with Crippen LogP contribution >= 0.6 is 0 Å². The van der Waals surface area contributed by atoms with E-state index in [4.69, 9.17) is 0 Å². The van der Waals surface area contributed by atoms with Gasteiger partial charge in [0.15, 0.2) is 0 Å². The molecule has 0 bridgehead atoms. The molecule has 6 heteroatoms. The molecule has 0 unspecified atom stereocenters. The largest absolute Gasteiger partial charge is 0.352 e. The van der Waals surface area contributed by atoms with Crippen molar-refractivity contribution in [2.75, 3.05) is 18.4 Å². The van der Waals surface area contributed by atoms with Crippen LogP contribution in [0.4, 0.5) is 10.7 Å². The Kier molecular flexibility index (Phi) is 5.33. The Morgan fingerprint density at radius 1 is 0.950 bits per heavy atom. The van der Waals surface area contributed by atoms with Crippen LogP contribution in [0.5, 0.6) is 0 Å². The van der Waals surface area contributed by atoms with Crippen LogP contribution < -0.4 is 16.0 Å². The van der Waals surface area contributed by atoms with Gasteiger partial charge in [0.1, 0.15) is 0 Å². The first-order valence-electron chi connectivity index (χ1n) is 6.41. The van der Waals surface area contributed by atoms with Crippen LogP contribution in [0, 0.1) is 0 Å². The first-order valence-corrected chi connectivity index (χ1v) is 6.41. The molecule has 1 heterocycles. The third-order valence-corrected chi connectivity index (χ3v) is 2.56. The second-order valence-corrected chi connectivity index (χ2v) is 4.09. The van der Waals surface area contributed by atoms with Gasteiger partial charge in [0, 0.05) is 32.0 Å². The van der Waals surface area contributed by atoms with Crippen molar-refractivity contribution < 1.29 is 4.79 Å². The second-order valence-electron chi connectivity index (χ2n) is 4.09. The first-order chi connectivity index (χ1) is 9.84. The van der Waals surface area contributed by atoms with E-state index in [0.717, 1.165) is 5.56 Å². The molecule has 2 rings (SSSR count). The second kappa shape index (κ2) is 7.73. The molecule has 0 saturated carbocycles. The van der Waals surface area contributed by atoms with Gasteiger partial charge in [0.25, 0.3) is 0 Å². The number of hydrogen-bond acceptors (Lipinski definition) is 4. The van der Waals surface area contributed by atoms with Gasteiger partial charge < -0.3 is 16.0 Å². The zero-order valence-electron chi connectivity index (χ0n) is 11.0. The summed E-state index contributed by atoms with van der Waals surface area (Å²) in [6, 6.07) is 11.3. The van der Waals surface area contributed by atoms with E-state index in [0.29, 0.717) is 25.6 Å². The van der Waals surface area contributed by atoms with Gasteiger partial charge in [-0.3, -0.25) is 0 Å². The van der Waals surface area contributed by atoms with Crippen LogP contribution in [-0.2, 0) is 6.54 Å². The molecular weight excluding hydrogens is 254 g/mol. The van der Waals surface area contributed by atoms with Crippen LogP contribution in [0.1, 0.15) is 5.56 Å². The minimum atomic E-state index is -0.190. The lowest BCUT2D eigenvalue weighted by molar-refractivity contribution is 0.241. The molecule has 1 aromatic heterocycles. The fourth-order valence-electron chi connectivity index (χ4n) is 1.58. The highest BCUT2D eigenvalue weighted by Crippen LogP contribution is 1.96. The van der Waals surface area contributed by atoms with E-state index in [2.05, 4.69) is 25.9 Å². The summed E-state index contributed by atoms with van der Waals surface area (Å²) >= 11 is 0. The SMILES string of the molecule is O=C(NCCNc1ncccn1)NCc1ccccc1. The molecule has 0 saturated heterocycles. The lowest BCUT2D eigenvalue weighted by atomic mass is 10.2. The van der Waals surface area contributed by atoms with Gasteiger partial charge >= 0.3 is 6.03 Å². The summed E-state index contributed by atoms with van der Waals surface area (Å²) in [6.45, 7) is 1.59. The van der Waals surface area contributed by atoms with Crippen LogP contribution in [0.3, 0.4) is 0 Å². The topological polar surface area (TPSA) is 78.9 Å². The molecule has 0 aliphatic carbocycles. The average molecular weight is 271 g/mol. The maximum Gasteiger partial charge on any atom is 0.315 e. The van der Waals surface area contributed by atoms with Crippen LogP contribution in [0.25, 0.3) is 0 Å². The van der Waals surface area contributed by atoms with E-state index in [1.54, 1.807) is 18.5 Å². The lowest BCUT2D eigenvalue weighted by Crippen LogP contribution is -2.37.